The predicted octanol–water partition coefficient (Wildman–Crippen LogP) is 2.25. The zero-order valence-electron chi connectivity index (χ0n) is 10.4. The summed E-state index contributed by atoms with van der Waals surface area (Å²) in [6, 6.07) is 4.15. The molecule has 0 aromatic heterocycles. The van der Waals surface area contributed by atoms with Gasteiger partial charge in [-0.3, -0.25) is 14.9 Å². The van der Waals surface area contributed by atoms with Crippen LogP contribution in [0.15, 0.2) is 22.7 Å². The third-order valence-corrected chi connectivity index (χ3v) is 3.56. The predicted molar refractivity (Wildman–Crippen MR) is 74.0 cm³/mol. The molecule has 1 unspecified atom stereocenters. The molecule has 1 atom stereocenters. The summed E-state index contributed by atoms with van der Waals surface area (Å²) in [5.74, 6) is -0.393. The number of benzene rings is 1. The van der Waals surface area contributed by atoms with Crippen molar-refractivity contribution in [1.29, 1.82) is 0 Å². The Kier molecular flexibility index (Phi) is 5.91. The zero-order chi connectivity index (χ0) is 14.4. The fourth-order valence-electron chi connectivity index (χ4n) is 1.63. The van der Waals surface area contributed by atoms with Crippen LogP contribution in [0.1, 0.15) is 30.1 Å². The molecule has 1 rings (SSSR count). The standard InChI is InChI=1S/C12H15BrN2O4/c1-2-8(6-7-16)14-12(17)9-4-3-5-10(11(9)13)15(18)19/h3-5,8,16H,2,6-7H2,1H3,(H,14,17). The van der Waals surface area contributed by atoms with E-state index in [-0.39, 0.29) is 28.4 Å². The van der Waals surface area contributed by atoms with Crippen LogP contribution in [0.3, 0.4) is 0 Å². The number of hydrogen-bond acceptors (Lipinski definition) is 4. The average Bonchev–Trinajstić information content (AvgIpc) is 2.37. The molecule has 1 aromatic rings. The average molecular weight is 331 g/mol. The van der Waals surface area contributed by atoms with Crippen molar-refractivity contribution in [3.63, 3.8) is 0 Å². The van der Waals surface area contributed by atoms with Gasteiger partial charge in [-0.25, -0.2) is 0 Å². The van der Waals surface area contributed by atoms with Crippen molar-refractivity contribution in [2.75, 3.05) is 6.61 Å². The fourth-order valence-corrected chi connectivity index (χ4v) is 2.22. The minimum absolute atomic E-state index is 0.0190. The summed E-state index contributed by atoms with van der Waals surface area (Å²) in [5, 5.41) is 22.4. The van der Waals surface area contributed by atoms with E-state index in [0.29, 0.717) is 12.8 Å². The van der Waals surface area contributed by atoms with Crippen molar-refractivity contribution in [3.05, 3.63) is 38.3 Å². The third-order valence-electron chi connectivity index (χ3n) is 2.73. The van der Waals surface area contributed by atoms with Crippen LogP contribution in [-0.2, 0) is 0 Å². The van der Waals surface area contributed by atoms with Gasteiger partial charge in [0, 0.05) is 18.7 Å². The monoisotopic (exact) mass is 330 g/mol. The number of nitro benzene ring substituents is 1. The van der Waals surface area contributed by atoms with Crippen molar-refractivity contribution in [1.82, 2.24) is 5.32 Å². The number of aliphatic hydroxyl groups excluding tert-OH is 1. The second kappa shape index (κ2) is 7.20. The molecule has 0 radical (unpaired) electrons. The van der Waals surface area contributed by atoms with E-state index in [2.05, 4.69) is 21.2 Å². The minimum atomic E-state index is -0.550. The number of carbonyl (C=O) groups is 1. The van der Waals surface area contributed by atoms with Crippen molar-refractivity contribution in [2.45, 2.75) is 25.8 Å². The van der Waals surface area contributed by atoms with Crippen LogP contribution in [0.25, 0.3) is 0 Å². The van der Waals surface area contributed by atoms with Crippen molar-refractivity contribution in [2.24, 2.45) is 0 Å². The van der Waals surface area contributed by atoms with Gasteiger partial charge in [0.25, 0.3) is 11.6 Å². The first-order valence-corrected chi connectivity index (χ1v) is 6.65. The van der Waals surface area contributed by atoms with Gasteiger partial charge < -0.3 is 10.4 Å². The summed E-state index contributed by atoms with van der Waals surface area (Å²) in [4.78, 5) is 22.3. The van der Waals surface area contributed by atoms with E-state index in [0.717, 1.165) is 0 Å². The number of amides is 1. The maximum atomic E-state index is 12.0. The normalized spacial score (nSPS) is 11.9. The topological polar surface area (TPSA) is 92.5 Å². The first kappa shape index (κ1) is 15.6. The second-order valence-corrected chi connectivity index (χ2v) is 4.78. The number of halogens is 1. The van der Waals surface area contributed by atoms with Crippen LogP contribution < -0.4 is 5.32 Å². The maximum Gasteiger partial charge on any atom is 0.284 e. The minimum Gasteiger partial charge on any atom is -0.396 e. The maximum absolute atomic E-state index is 12.0. The van der Waals surface area contributed by atoms with Crippen molar-refractivity contribution in [3.8, 4) is 0 Å². The van der Waals surface area contributed by atoms with Crippen LogP contribution >= 0.6 is 15.9 Å². The summed E-state index contributed by atoms with van der Waals surface area (Å²) in [7, 11) is 0. The molecule has 0 aliphatic carbocycles. The van der Waals surface area contributed by atoms with Crippen molar-refractivity contribution >= 4 is 27.5 Å². The summed E-state index contributed by atoms with van der Waals surface area (Å²) in [6.45, 7) is 1.87. The van der Waals surface area contributed by atoms with Crippen LogP contribution in [0.2, 0.25) is 0 Å². The van der Waals surface area contributed by atoms with E-state index in [1.54, 1.807) is 0 Å². The van der Waals surface area contributed by atoms with E-state index >= 15 is 0 Å². The van der Waals surface area contributed by atoms with Gasteiger partial charge in [-0.2, -0.15) is 0 Å². The Morgan fingerprint density at radius 2 is 2.26 bits per heavy atom. The Labute approximate surface area is 119 Å². The molecule has 1 amide bonds. The van der Waals surface area contributed by atoms with Crippen LogP contribution in [0, 0.1) is 10.1 Å². The summed E-state index contributed by atoms with van der Waals surface area (Å²) >= 11 is 3.08. The Morgan fingerprint density at radius 3 is 2.79 bits per heavy atom. The van der Waals surface area contributed by atoms with Crippen LogP contribution in [-0.4, -0.2) is 28.6 Å². The molecule has 0 spiro atoms. The molecule has 104 valence electrons. The van der Waals surface area contributed by atoms with Gasteiger partial charge in [0.15, 0.2) is 0 Å². The molecule has 0 saturated heterocycles. The highest BCUT2D eigenvalue weighted by Gasteiger charge is 2.20. The SMILES string of the molecule is CCC(CCO)NC(=O)c1cccc([N+](=O)[O-])c1Br. The summed E-state index contributed by atoms with van der Waals surface area (Å²) in [6.07, 6.45) is 1.13. The first-order valence-electron chi connectivity index (χ1n) is 5.85. The molecule has 7 heteroatoms. The Balaban J connectivity index is 2.94. The molecule has 0 fully saturated rings. The molecule has 6 nitrogen and oxygen atoms in total. The summed E-state index contributed by atoms with van der Waals surface area (Å²) in [5.41, 5.74) is 0.0634. The molecule has 19 heavy (non-hydrogen) atoms. The molecule has 0 heterocycles. The van der Waals surface area contributed by atoms with E-state index in [9.17, 15) is 14.9 Å². The van der Waals surface area contributed by atoms with Gasteiger partial charge in [0.05, 0.1) is 10.5 Å². The lowest BCUT2D eigenvalue weighted by Crippen LogP contribution is -2.35. The molecule has 1 aromatic carbocycles. The van der Waals surface area contributed by atoms with E-state index in [4.69, 9.17) is 5.11 Å². The van der Waals surface area contributed by atoms with Gasteiger partial charge in [-0.05, 0) is 34.8 Å². The second-order valence-electron chi connectivity index (χ2n) is 3.99. The first-order chi connectivity index (χ1) is 9.01. The zero-order valence-corrected chi connectivity index (χ0v) is 12.0. The van der Waals surface area contributed by atoms with Gasteiger partial charge in [-0.1, -0.05) is 13.0 Å². The number of nitro groups is 1. The molecular formula is C12H15BrN2O4. The molecule has 0 aliphatic rings. The number of carbonyl (C=O) groups excluding carboxylic acids is 1. The highest BCUT2D eigenvalue weighted by Crippen LogP contribution is 2.28. The van der Waals surface area contributed by atoms with Crippen LogP contribution in [0.4, 0.5) is 5.69 Å². The number of nitrogens with zero attached hydrogens (tertiary/aromatic N) is 1. The number of aliphatic hydroxyl groups is 1. The van der Waals surface area contributed by atoms with Gasteiger partial charge in [0.1, 0.15) is 4.47 Å². The lowest BCUT2D eigenvalue weighted by atomic mass is 10.1. The quantitative estimate of drug-likeness (QED) is 0.618. The molecule has 0 saturated carbocycles. The van der Waals surface area contributed by atoms with Gasteiger partial charge in [-0.15, -0.1) is 0 Å². The van der Waals surface area contributed by atoms with E-state index < -0.39 is 10.8 Å². The van der Waals surface area contributed by atoms with E-state index in [1.165, 1.54) is 18.2 Å². The smallest absolute Gasteiger partial charge is 0.284 e. The number of nitrogens with one attached hydrogen (secondary N) is 1. The lowest BCUT2D eigenvalue weighted by Gasteiger charge is -2.16. The van der Waals surface area contributed by atoms with Crippen molar-refractivity contribution < 1.29 is 14.8 Å². The molecule has 0 bridgehead atoms. The third kappa shape index (κ3) is 4.00. The summed E-state index contributed by atoms with van der Waals surface area (Å²) < 4.78 is 0.163. The number of rotatable bonds is 6. The van der Waals surface area contributed by atoms with Gasteiger partial charge in [0.2, 0.25) is 0 Å². The highest BCUT2D eigenvalue weighted by atomic mass is 79.9. The Hall–Kier alpha value is -1.47. The Bertz CT molecular complexity index is 479. The van der Waals surface area contributed by atoms with E-state index in [1.807, 2.05) is 6.92 Å². The largest absolute Gasteiger partial charge is 0.396 e. The fraction of sp³-hybridized carbons (Fsp3) is 0.417. The van der Waals surface area contributed by atoms with Gasteiger partial charge >= 0.3 is 0 Å². The number of hydrogen-bond donors (Lipinski definition) is 2. The van der Waals surface area contributed by atoms with Crippen LogP contribution in [0.5, 0.6) is 0 Å². The Morgan fingerprint density at radius 1 is 1.58 bits per heavy atom. The lowest BCUT2D eigenvalue weighted by molar-refractivity contribution is -0.385. The molecule has 0 aliphatic heterocycles. The molecule has 2 N–H and O–H groups in total. The highest BCUT2D eigenvalue weighted by molar-refractivity contribution is 9.10. The molecular weight excluding hydrogens is 316 g/mol.